The third-order valence-corrected chi connectivity index (χ3v) is 4.16. The Morgan fingerprint density at radius 1 is 1.22 bits per heavy atom. The zero-order valence-electron chi connectivity index (χ0n) is 10.6. The minimum Gasteiger partial charge on any atom is -0.490 e. The average Bonchev–Trinajstić information content (AvgIpc) is 2.38. The molecule has 100 valence electrons. The molecule has 0 spiro atoms. The van der Waals surface area contributed by atoms with Crippen LogP contribution in [0.1, 0.15) is 38.5 Å². The van der Waals surface area contributed by atoms with Crippen molar-refractivity contribution in [2.45, 2.75) is 44.6 Å². The molecule has 0 radical (unpaired) electrons. The lowest BCUT2D eigenvalue weighted by molar-refractivity contribution is 0.125. The quantitative estimate of drug-likeness (QED) is 0.884. The Labute approximate surface area is 117 Å². The van der Waals surface area contributed by atoms with Crippen molar-refractivity contribution in [1.29, 1.82) is 0 Å². The van der Waals surface area contributed by atoms with Crippen LogP contribution in [0.25, 0.3) is 0 Å². The molecule has 2 nitrogen and oxygen atoms in total. The Morgan fingerprint density at radius 3 is 2.67 bits per heavy atom. The second-order valence-electron chi connectivity index (χ2n) is 5.08. The van der Waals surface area contributed by atoms with Gasteiger partial charge < -0.3 is 9.84 Å². The van der Waals surface area contributed by atoms with Crippen molar-refractivity contribution in [2.24, 2.45) is 5.92 Å². The molecule has 1 fully saturated rings. The number of ether oxygens (including phenoxy) is 1. The van der Waals surface area contributed by atoms with E-state index >= 15 is 0 Å². The number of benzene rings is 1. The third-order valence-electron chi connectivity index (χ3n) is 3.66. The molecule has 1 N–H and O–H groups in total. The molecular weight excluding hydrogens is 292 g/mol. The highest BCUT2D eigenvalue weighted by Gasteiger charge is 2.21. The summed E-state index contributed by atoms with van der Waals surface area (Å²) in [6.07, 6.45) is 7.23. The fourth-order valence-corrected chi connectivity index (χ4v) is 3.03. The van der Waals surface area contributed by atoms with Gasteiger partial charge in [0.25, 0.3) is 0 Å². The van der Waals surface area contributed by atoms with E-state index in [2.05, 4.69) is 15.9 Å². The summed E-state index contributed by atoms with van der Waals surface area (Å²) < 4.78 is 7.08. The Hall–Kier alpha value is -0.540. The summed E-state index contributed by atoms with van der Waals surface area (Å²) in [6.45, 7) is 0.328. The molecule has 0 atom stereocenters. The van der Waals surface area contributed by atoms with Crippen molar-refractivity contribution >= 4 is 15.9 Å². The van der Waals surface area contributed by atoms with E-state index in [4.69, 9.17) is 9.84 Å². The smallest absolute Gasteiger partial charge is 0.120 e. The van der Waals surface area contributed by atoms with Gasteiger partial charge in [-0.25, -0.2) is 0 Å². The standard InChI is InChI=1S/C15H21BrO2/c16-13-4-1-5-15(11-13)18-14-8-6-12(7-9-14)3-2-10-17/h1,4-5,11-12,14,17H,2-3,6-10H2/t12-,14-. The Kier molecular flexibility index (Phi) is 5.51. The van der Waals surface area contributed by atoms with Crippen LogP contribution in [0.2, 0.25) is 0 Å². The van der Waals surface area contributed by atoms with Crippen molar-refractivity contribution in [1.82, 2.24) is 0 Å². The lowest BCUT2D eigenvalue weighted by atomic mass is 9.84. The Bertz CT molecular complexity index is 359. The molecule has 3 heteroatoms. The molecule has 1 aromatic rings. The fourth-order valence-electron chi connectivity index (χ4n) is 2.65. The fraction of sp³-hybridized carbons (Fsp3) is 0.600. The van der Waals surface area contributed by atoms with E-state index in [9.17, 15) is 0 Å². The number of halogens is 1. The van der Waals surface area contributed by atoms with E-state index in [-0.39, 0.29) is 0 Å². The van der Waals surface area contributed by atoms with Gasteiger partial charge in [0, 0.05) is 11.1 Å². The van der Waals surface area contributed by atoms with Crippen LogP contribution in [0.15, 0.2) is 28.7 Å². The molecule has 1 aromatic carbocycles. The normalized spacial score (nSPS) is 23.9. The molecular formula is C15H21BrO2. The first kappa shape index (κ1) is 13.9. The molecule has 1 aliphatic carbocycles. The topological polar surface area (TPSA) is 29.5 Å². The maximum absolute atomic E-state index is 8.84. The van der Waals surface area contributed by atoms with Gasteiger partial charge in [-0.2, -0.15) is 0 Å². The number of aliphatic hydroxyl groups excluding tert-OH is 1. The van der Waals surface area contributed by atoms with E-state index in [1.165, 1.54) is 19.3 Å². The van der Waals surface area contributed by atoms with Crippen molar-refractivity contribution in [3.05, 3.63) is 28.7 Å². The largest absolute Gasteiger partial charge is 0.490 e. The van der Waals surface area contributed by atoms with Crippen LogP contribution < -0.4 is 4.74 Å². The first-order valence-corrected chi connectivity index (χ1v) is 7.60. The zero-order chi connectivity index (χ0) is 12.8. The predicted octanol–water partition coefficient (Wildman–Crippen LogP) is 4.16. The van der Waals surface area contributed by atoms with Crippen LogP contribution in [-0.2, 0) is 0 Å². The van der Waals surface area contributed by atoms with E-state index < -0.39 is 0 Å². The maximum Gasteiger partial charge on any atom is 0.120 e. The summed E-state index contributed by atoms with van der Waals surface area (Å²) in [7, 11) is 0. The van der Waals surface area contributed by atoms with Gasteiger partial charge in [-0.05, 0) is 62.6 Å². The first-order chi connectivity index (χ1) is 8.78. The first-order valence-electron chi connectivity index (χ1n) is 6.81. The van der Waals surface area contributed by atoms with E-state index in [1.807, 2.05) is 24.3 Å². The van der Waals surface area contributed by atoms with E-state index in [0.29, 0.717) is 12.7 Å². The highest BCUT2D eigenvalue weighted by atomic mass is 79.9. The summed E-state index contributed by atoms with van der Waals surface area (Å²) in [5, 5.41) is 8.84. The van der Waals surface area contributed by atoms with Gasteiger partial charge in [0.05, 0.1) is 6.10 Å². The highest BCUT2D eigenvalue weighted by Crippen LogP contribution is 2.30. The van der Waals surface area contributed by atoms with Gasteiger partial charge in [0.2, 0.25) is 0 Å². The SMILES string of the molecule is OCCC[C@H]1CC[C@H](Oc2cccc(Br)c2)CC1. The van der Waals surface area contributed by atoms with Crippen molar-refractivity contribution in [3.8, 4) is 5.75 Å². The lowest BCUT2D eigenvalue weighted by Gasteiger charge is -2.29. The molecule has 0 amide bonds. The molecule has 0 aromatic heterocycles. The van der Waals surface area contributed by atoms with Crippen molar-refractivity contribution in [2.75, 3.05) is 6.61 Å². The van der Waals surface area contributed by atoms with Gasteiger partial charge in [-0.1, -0.05) is 22.0 Å². The number of aliphatic hydroxyl groups is 1. The third kappa shape index (κ3) is 4.29. The van der Waals surface area contributed by atoms with Crippen LogP contribution in [0, 0.1) is 5.92 Å². The van der Waals surface area contributed by atoms with Crippen LogP contribution >= 0.6 is 15.9 Å². The lowest BCUT2D eigenvalue weighted by Crippen LogP contribution is -2.24. The minimum absolute atomic E-state index is 0.328. The number of hydrogen-bond donors (Lipinski definition) is 1. The molecule has 0 unspecified atom stereocenters. The molecule has 2 rings (SSSR count). The van der Waals surface area contributed by atoms with Crippen LogP contribution in [0.5, 0.6) is 5.75 Å². The molecule has 0 bridgehead atoms. The Balaban J connectivity index is 1.76. The summed E-state index contributed by atoms with van der Waals surface area (Å²) in [6, 6.07) is 8.06. The average molecular weight is 313 g/mol. The van der Waals surface area contributed by atoms with E-state index in [1.54, 1.807) is 0 Å². The molecule has 0 heterocycles. The van der Waals surface area contributed by atoms with E-state index in [0.717, 1.165) is 35.4 Å². The molecule has 0 saturated heterocycles. The highest BCUT2D eigenvalue weighted by molar-refractivity contribution is 9.10. The molecule has 0 aliphatic heterocycles. The van der Waals surface area contributed by atoms with Crippen molar-refractivity contribution in [3.63, 3.8) is 0 Å². The summed E-state index contributed by atoms with van der Waals surface area (Å²) >= 11 is 3.46. The second-order valence-corrected chi connectivity index (χ2v) is 6.00. The summed E-state index contributed by atoms with van der Waals surface area (Å²) in [5.74, 6) is 1.75. The van der Waals surface area contributed by atoms with Crippen LogP contribution in [-0.4, -0.2) is 17.8 Å². The van der Waals surface area contributed by atoms with Crippen LogP contribution in [0.4, 0.5) is 0 Å². The maximum atomic E-state index is 8.84. The Morgan fingerprint density at radius 2 is 2.00 bits per heavy atom. The van der Waals surface area contributed by atoms with Gasteiger partial charge in [-0.15, -0.1) is 0 Å². The van der Waals surface area contributed by atoms with Gasteiger partial charge in [0.15, 0.2) is 0 Å². The predicted molar refractivity (Wildman–Crippen MR) is 76.8 cm³/mol. The van der Waals surface area contributed by atoms with Gasteiger partial charge in [0.1, 0.15) is 5.75 Å². The van der Waals surface area contributed by atoms with Gasteiger partial charge in [-0.3, -0.25) is 0 Å². The number of hydrogen-bond acceptors (Lipinski definition) is 2. The zero-order valence-corrected chi connectivity index (χ0v) is 12.2. The second kappa shape index (κ2) is 7.15. The monoisotopic (exact) mass is 312 g/mol. The molecule has 18 heavy (non-hydrogen) atoms. The van der Waals surface area contributed by atoms with Crippen molar-refractivity contribution < 1.29 is 9.84 Å². The molecule has 1 saturated carbocycles. The minimum atomic E-state index is 0.328. The summed E-state index contributed by atoms with van der Waals surface area (Å²) in [5.41, 5.74) is 0. The summed E-state index contributed by atoms with van der Waals surface area (Å²) in [4.78, 5) is 0. The van der Waals surface area contributed by atoms with Crippen LogP contribution in [0.3, 0.4) is 0 Å². The number of rotatable bonds is 5. The van der Waals surface area contributed by atoms with Gasteiger partial charge >= 0.3 is 0 Å². The molecule has 1 aliphatic rings.